The van der Waals surface area contributed by atoms with Gasteiger partial charge in [-0.15, -0.1) is 0 Å². The summed E-state index contributed by atoms with van der Waals surface area (Å²) in [6.45, 7) is 6.69. The molecule has 2 atom stereocenters. The Kier molecular flexibility index (Phi) is 8.67. The quantitative estimate of drug-likeness (QED) is 0.428. The maximum Gasteiger partial charge on any atom is 0.326 e. The van der Waals surface area contributed by atoms with Crippen LogP contribution in [0.4, 0.5) is 0 Å². The molecule has 0 amide bonds. The van der Waals surface area contributed by atoms with Crippen LogP contribution in [0.5, 0.6) is 0 Å². The molecule has 5 heteroatoms. The topological polar surface area (TPSA) is 58.6 Å². The van der Waals surface area contributed by atoms with Crippen LogP contribution >= 0.6 is 11.8 Å². The standard InChI is InChI=1S/C16H31NO3S/c1-4-20-15(19)16(3,17-14-7-8-14)10-5-6-12-21-13(2)9-11-18/h13-14,17-18H,4-12H2,1-3H3. The largest absolute Gasteiger partial charge is 0.465 e. The second-order valence-electron chi connectivity index (χ2n) is 6.12. The first-order chi connectivity index (χ1) is 10.0. The van der Waals surface area contributed by atoms with Crippen molar-refractivity contribution in [3.05, 3.63) is 0 Å². The molecule has 124 valence electrons. The smallest absolute Gasteiger partial charge is 0.326 e. The molecule has 1 rings (SSSR count). The van der Waals surface area contributed by atoms with E-state index in [-0.39, 0.29) is 12.6 Å². The van der Waals surface area contributed by atoms with Gasteiger partial charge in [0, 0.05) is 17.9 Å². The third-order valence-electron chi connectivity index (χ3n) is 3.84. The molecule has 0 spiro atoms. The van der Waals surface area contributed by atoms with Gasteiger partial charge in [-0.25, -0.2) is 0 Å². The number of ether oxygens (including phenoxy) is 1. The molecule has 1 fully saturated rings. The second kappa shape index (κ2) is 9.70. The van der Waals surface area contributed by atoms with E-state index in [0.29, 0.717) is 17.9 Å². The maximum atomic E-state index is 12.2. The summed E-state index contributed by atoms with van der Waals surface area (Å²) in [7, 11) is 0. The number of nitrogens with one attached hydrogen (secondary N) is 1. The molecular formula is C16H31NO3S. The Hall–Kier alpha value is -0.260. The lowest BCUT2D eigenvalue weighted by atomic mass is 9.94. The molecule has 0 radical (unpaired) electrons. The van der Waals surface area contributed by atoms with Gasteiger partial charge in [0.15, 0.2) is 0 Å². The summed E-state index contributed by atoms with van der Waals surface area (Å²) in [5, 5.41) is 12.8. The number of hydrogen-bond acceptors (Lipinski definition) is 5. The van der Waals surface area contributed by atoms with E-state index in [9.17, 15) is 4.79 Å². The number of carbonyl (C=O) groups is 1. The minimum absolute atomic E-state index is 0.113. The Morgan fingerprint density at radius 1 is 1.48 bits per heavy atom. The maximum absolute atomic E-state index is 12.2. The Morgan fingerprint density at radius 3 is 2.76 bits per heavy atom. The number of thioether (sulfide) groups is 1. The van der Waals surface area contributed by atoms with Gasteiger partial charge in [0.25, 0.3) is 0 Å². The van der Waals surface area contributed by atoms with Crippen molar-refractivity contribution in [1.82, 2.24) is 5.32 Å². The van der Waals surface area contributed by atoms with Gasteiger partial charge < -0.3 is 9.84 Å². The number of carbonyl (C=O) groups excluding carboxylic acids is 1. The van der Waals surface area contributed by atoms with Gasteiger partial charge >= 0.3 is 5.97 Å². The van der Waals surface area contributed by atoms with E-state index in [1.807, 2.05) is 25.6 Å². The van der Waals surface area contributed by atoms with Gasteiger partial charge in [-0.3, -0.25) is 10.1 Å². The zero-order valence-corrected chi connectivity index (χ0v) is 14.5. The monoisotopic (exact) mass is 317 g/mol. The first-order valence-electron chi connectivity index (χ1n) is 8.19. The minimum Gasteiger partial charge on any atom is -0.465 e. The van der Waals surface area contributed by atoms with Crippen molar-refractivity contribution in [1.29, 1.82) is 0 Å². The van der Waals surface area contributed by atoms with Crippen LogP contribution in [0, 0.1) is 0 Å². The van der Waals surface area contributed by atoms with Gasteiger partial charge in [0.2, 0.25) is 0 Å². The number of esters is 1. The molecule has 2 N–H and O–H groups in total. The molecular weight excluding hydrogens is 286 g/mol. The number of unbranched alkanes of at least 4 members (excludes halogenated alkanes) is 1. The predicted molar refractivity (Wildman–Crippen MR) is 88.7 cm³/mol. The first kappa shape index (κ1) is 18.8. The van der Waals surface area contributed by atoms with Crippen LogP contribution in [-0.2, 0) is 9.53 Å². The van der Waals surface area contributed by atoms with Crippen molar-refractivity contribution in [2.75, 3.05) is 19.0 Å². The lowest BCUT2D eigenvalue weighted by Crippen LogP contribution is -2.51. The lowest BCUT2D eigenvalue weighted by molar-refractivity contribution is -0.151. The van der Waals surface area contributed by atoms with Gasteiger partial charge in [0.1, 0.15) is 5.54 Å². The highest BCUT2D eigenvalue weighted by atomic mass is 32.2. The molecule has 1 aliphatic rings. The Balaban J connectivity index is 2.27. The summed E-state index contributed by atoms with van der Waals surface area (Å²) in [6, 6.07) is 0.498. The lowest BCUT2D eigenvalue weighted by Gasteiger charge is -2.28. The molecule has 0 saturated heterocycles. The van der Waals surface area contributed by atoms with E-state index in [0.717, 1.165) is 31.4 Å². The fraction of sp³-hybridized carbons (Fsp3) is 0.938. The summed E-state index contributed by atoms with van der Waals surface area (Å²) in [4.78, 5) is 12.2. The Bertz CT molecular complexity index is 310. The molecule has 0 aliphatic heterocycles. The fourth-order valence-electron chi connectivity index (χ4n) is 2.33. The average molecular weight is 317 g/mol. The van der Waals surface area contributed by atoms with Crippen molar-refractivity contribution in [2.24, 2.45) is 0 Å². The van der Waals surface area contributed by atoms with Gasteiger partial charge in [-0.05, 0) is 51.7 Å². The average Bonchev–Trinajstić information content (AvgIpc) is 3.22. The summed E-state index contributed by atoms with van der Waals surface area (Å²) >= 11 is 1.90. The highest BCUT2D eigenvalue weighted by molar-refractivity contribution is 7.99. The number of rotatable bonds is 12. The summed E-state index contributed by atoms with van der Waals surface area (Å²) in [5.41, 5.74) is -0.529. The van der Waals surface area contributed by atoms with Crippen molar-refractivity contribution < 1.29 is 14.6 Å². The van der Waals surface area contributed by atoms with E-state index >= 15 is 0 Å². The van der Waals surface area contributed by atoms with Gasteiger partial charge in [0.05, 0.1) is 6.61 Å². The highest BCUT2D eigenvalue weighted by Crippen LogP contribution is 2.26. The molecule has 4 nitrogen and oxygen atoms in total. The third-order valence-corrected chi connectivity index (χ3v) is 5.16. The fourth-order valence-corrected chi connectivity index (χ4v) is 3.38. The summed E-state index contributed by atoms with van der Waals surface area (Å²) in [6.07, 6.45) is 6.15. The van der Waals surface area contributed by atoms with Crippen LogP contribution in [-0.4, -0.2) is 46.9 Å². The van der Waals surface area contributed by atoms with Crippen molar-refractivity contribution in [2.45, 2.75) is 76.1 Å². The molecule has 1 aliphatic carbocycles. The zero-order valence-electron chi connectivity index (χ0n) is 13.7. The van der Waals surface area contributed by atoms with Crippen LogP contribution in [0.3, 0.4) is 0 Å². The van der Waals surface area contributed by atoms with Crippen LogP contribution in [0.2, 0.25) is 0 Å². The van der Waals surface area contributed by atoms with Crippen LogP contribution in [0.1, 0.15) is 59.3 Å². The van der Waals surface area contributed by atoms with Crippen molar-refractivity contribution in [3.8, 4) is 0 Å². The second-order valence-corrected chi connectivity index (χ2v) is 7.67. The molecule has 0 aromatic heterocycles. The van der Waals surface area contributed by atoms with Crippen LogP contribution in [0.15, 0.2) is 0 Å². The summed E-state index contributed by atoms with van der Waals surface area (Å²) < 4.78 is 5.23. The van der Waals surface area contributed by atoms with E-state index in [1.165, 1.54) is 12.8 Å². The number of aliphatic hydroxyl groups excluding tert-OH is 1. The molecule has 0 heterocycles. The molecule has 21 heavy (non-hydrogen) atoms. The van der Waals surface area contributed by atoms with E-state index in [4.69, 9.17) is 9.84 Å². The number of hydrogen-bond donors (Lipinski definition) is 2. The van der Waals surface area contributed by atoms with E-state index in [2.05, 4.69) is 12.2 Å². The molecule has 0 aromatic rings. The van der Waals surface area contributed by atoms with Crippen LogP contribution < -0.4 is 5.32 Å². The molecule has 1 saturated carbocycles. The van der Waals surface area contributed by atoms with Gasteiger partial charge in [-0.2, -0.15) is 11.8 Å². The predicted octanol–water partition coefficient (Wildman–Crippen LogP) is 2.73. The van der Waals surface area contributed by atoms with E-state index < -0.39 is 5.54 Å². The SMILES string of the molecule is CCOC(=O)C(C)(CCCCSC(C)CCO)NC1CC1. The van der Waals surface area contributed by atoms with Crippen LogP contribution in [0.25, 0.3) is 0 Å². The first-order valence-corrected chi connectivity index (χ1v) is 9.24. The van der Waals surface area contributed by atoms with Crippen molar-refractivity contribution >= 4 is 17.7 Å². The third kappa shape index (κ3) is 7.52. The molecule has 0 aromatic carbocycles. The Morgan fingerprint density at radius 2 is 2.19 bits per heavy atom. The van der Waals surface area contributed by atoms with Gasteiger partial charge in [-0.1, -0.05) is 13.3 Å². The van der Waals surface area contributed by atoms with Crippen molar-refractivity contribution in [3.63, 3.8) is 0 Å². The molecule has 0 bridgehead atoms. The molecule has 2 unspecified atom stereocenters. The number of aliphatic hydroxyl groups is 1. The Labute approximate surface area is 133 Å². The van der Waals surface area contributed by atoms with E-state index in [1.54, 1.807) is 0 Å². The minimum atomic E-state index is -0.529. The summed E-state index contributed by atoms with van der Waals surface area (Å²) in [5.74, 6) is 0.974. The zero-order chi connectivity index (χ0) is 15.7. The highest BCUT2D eigenvalue weighted by Gasteiger charge is 2.38. The normalized spacial score (nSPS) is 19.0.